The molecule has 1 aromatic carbocycles. The fourth-order valence-corrected chi connectivity index (χ4v) is 4.08. The summed E-state index contributed by atoms with van der Waals surface area (Å²) in [5, 5.41) is 3.88. The van der Waals surface area contributed by atoms with Crippen molar-refractivity contribution in [3.63, 3.8) is 0 Å². The molecule has 5 nitrogen and oxygen atoms in total. The van der Waals surface area contributed by atoms with E-state index in [-0.39, 0.29) is 11.8 Å². The van der Waals surface area contributed by atoms with Crippen LogP contribution in [0.1, 0.15) is 32.4 Å². The van der Waals surface area contributed by atoms with Crippen molar-refractivity contribution in [2.24, 2.45) is 0 Å². The van der Waals surface area contributed by atoms with Crippen molar-refractivity contribution >= 4 is 39.0 Å². The average molecular weight is 413 g/mol. The van der Waals surface area contributed by atoms with Crippen LogP contribution in [0.25, 0.3) is 0 Å². The van der Waals surface area contributed by atoms with Crippen LogP contribution in [-0.2, 0) is 4.79 Å². The Morgan fingerprint density at radius 2 is 2.04 bits per heavy atom. The molecule has 0 fully saturated rings. The first-order chi connectivity index (χ1) is 11.4. The van der Waals surface area contributed by atoms with Gasteiger partial charge in [0.15, 0.2) is 22.4 Å². The number of hydrogen-bond acceptors (Lipinski definition) is 4. The molecule has 0 amide bonds. The maximum absolute atomic E-state index is 12.3. The van der Waals surface area contributed by atoms with Gasteiger partial charge in [0.25, 0.3) is 0 Å². The Morgan fingerprint density at radius 1 is 1.38 bits per heavy atom. The summed E-state index contributed by atoms with van der Waals surface area (Å²) in [7, 11) is 3.17. The summed E-state index contributed by atoms with van der Waals surface area (Å²) in [5.41, 5.74) is 2.44. The molecule has 1 atom stereocenters. The number of methoxy groups -OCH3 is 2. The lowest BCUT2D eigenvalue weighted by atomic mass is 9.92. The number of Topliss-reactive ketones (excluding diaryl/α,β-unsaturated/α-hetero) is 1. The van der Waals surface area contributed by atoms with Crippen molar-refractivity contribution < 1.29 is 14.3 Å². The molecule has 1 aromatic rings. The lowest BCUT2D eigenvalue weighted by Crippen LogP contribution is -2.47. The van der Waals surface area contributed by atoms with Crippen LogP contribution in [0.3, 0.4) is 0 Å². The summed E-state index contributed by atoms with van der Waals surface area (Å²) >= 11 is 9.05. The Kier molecular flexibility index (Phi) is 5.87. The molecule has 0 aromatic heterocycles. The fraction of sp³-hybridized carbons (Fsp3) is 0.412. The van der Waals surface area contributed by atoms with Gasteiger partial charge in [0, 0.05) is 17.8 Å². The number of rotatable bonds is 5. The summed E-state index contributed by atoms with van der Waals surface area (Å²) in [6.07, 6.45) is 0. The largest absolute Gasteiger partial charge is 0.493 e. The molecule has 1 aliphatic rings. The quantitative estimate of drug-likeness (QED) is 0.745. The van der Waals surface area contributed by atoms with Crippen LogP contribution >= 0.6 is 28.1 Å². The molecular formula is C17H21BrN2O3S. The number of hydrogen-bond donors (Lipinski definition) is 1. The van der Waals surface area contributed by atoms with Crippen molar-refractivity contribution in [1.29, 1.82) is 0 Å². The van der Waals surface area contributed by atoms with Gasteiger partial charge >= 0.3 is 0 Å². The van der Waals surface area contributed by atoms with E-state index in [1.807, 2.05) is 30.9 Å². The van der Waals surface area contributed by atoms with Gasteiger partial charge in [-0.25, -0.2) is 0 Å². The molecule has 2 rings (SSSR count). The number of halogens is 1. The summed E-state index contributed by atoms with van der Waals surface area (Å²) in [5.74, 6) is 1.21. The maximum Gasteiger partial charge on any atom is 0.175 e. The normalized spacial score (nSPS) is 17.7. The van der Waals surface area contributed by atoms with Crippen LogP contribution in [0.15, 0.2) is 27.9 Å². The Hall–Kier alpha value is -1.60. The molecule has 0 bridgehead atoms. The van der Waals surface area contributed by atoms with Crippen LogP contribution in [0.5, 0.6) is 11.5 Å². The minimum absolute atomic E-state index is 0.00707. The van der Waals surface area contributed by atoms with E-state index in [1.165, 1.54) is 0 Å². The van der Waals surface area contributed by atoms with Gasteiger partial charge in [-0.05, 0) is 60.5 Å². The van der Waals surface area contributed by atoms with Crippen LogP contribution < -0.4 is 14.8 Å². The third-order valence-corrected chi connectivity index (χ3v) is 5.27. The third kappa shape index (κ3) is 3.15. The number of ether oxygens (including phenoxy) is 2. The monoisotopic (exact) mass is 412 g/mol. The van der Waals surface area contributed by atoms with Crippen LogP contribution in [0.2, 0.25) is 0 Å². The van der Waals surface area contributed by atoms with E-state index in [0.717, 1.165) is 15.7 Å². The summed E-state index contributed by atoms with van der Waals surface area (Å²) in [4.78, 5) is 14.2. The van der Waals surface area contributed by atoms with Gasteiger partial charge in [0.05, 0.1) is 24.7 Å². The van der Waals surface area contributed by atoms with Crippen molar-refractivity contribution in [3.05, 3.63) is 33.4 Å². The molecule has 0 saturated carbocycles. The molecule has 1 aliphatic heterocycles. The van der Waals surface area contributed by atoms with Gasteiger partial charge in [0.2, 0.25) is 0 Å². The molecule has 1 heterocycles. The van der Waals surface area contributed by atoms with Gasteiger partial charge < -0.3 is 19.7 Å². The zero-order valence-electron chi connectivity index (χ0n) is 14.4. The van der Waals surface area contributed by atoms with E-state index in [9.17, 15) is 4.79 Å². The predicted molar refractivity (Wildman–Crippen MR) is 101 cm³/mol. The summed E-state index contributed by atoms with van der Waals surface area (Å²) < 4.78 is 11.5. The maximum atomic E-state index is 12.3. The lowest BCUT2D eigenvalue weighted by Gasteiger charge is -2.37. The second-order valence-corrected chi connectivity index (χ2v) is 6.57. The van der Waals surface area contributed by atoms with Gasteiger partial charge in [-0.15, -0.1) is 0 Å². The molecule has 7 heteroatoms. The van der Waals surface area contributed by atoms with Gasteiger partial charge in [-0.2, -0.15) is 0 Å². The molecule has 0 spiro atoms. The lowest BCUT2D eigenvalue weighted by molar-refractivity contribution is -0.114. The zero-order chi connectivity index (χ0) is 18.0. The highest BCUT2D eigenvalue weighted by atomic mass is 79.9. The molecule has 1 unspecified atom stereocenters. The average Bonchev–Trinajstić information content (AvgIpc) is 2.53. The van der Waals surface area contributed by atoms with Gasteiger partial charge in [-0.3, -0.25) is 4.79 Å². The highest BCUT2D eigenvalue weighted by Gasteiger charge is 2.33. The van der Waals surface area contributed by atoms with E-state index in [1.54, 1.807) is 21.1 Å². The summed E-state index contributed by atoms with van der Waals surface area (Å²) in [6.45, 7) is 6.20. The fourth-order valence-electron chi connectivity index (χ4n) is 2.98. The number of nitrogens with one attached hydrogen (secondary N) is 1. The van der Waals surface area contributed by atoms with Crippen molar-refractivity contribution in [3.8, 4) is 11.5 Å². The molecule has 0 saturated heterocycles. The first-order valence-corrected chi connectivity index (χ1v) is 8.77. The Bertz CT molecular complexity index is 718. The molecule has 0 aliphatic carbocycles. The van der Waals surface area contributed by atoms with Gasteiger partial charge in [-0.1, -0.05) is 6.07 Å². The van der Waals surface area contributed by atoms with Crippen molar-refractivity contribution in [1.82, 2.24) is 10.2 Å². The Balaban J connectivity index is 2.65. The number of nitrogens with zero attached hydrogens (tertiary/aromatic N) is 1. The highest BCUT2D eigenvalue weighted by molar-refractivity contribution is 9.10. The number of benzene rings is 1. The standard InChI is InChI=1S/C17H21BrN2O3S/c1-6-20-9(2)13(10(3)21)15(19-17(20)24)11-7-8-12(22-4)16(23-5)14(11)18/h7-8,15H,6H2,1-5H3,(H,19,24). The Morgan fingerprint density at radius 3 is 2.54 bits per heavy atom. The van der Waals surface area contributed by atoms with E-state index in [2.05, 4.69) is 21.2 Å². The Labute approximate surface area is 156 Å². The van der Waals surface area contributed by atoms with Gasteiger partial charge in [0.1, 0.15) is 0 Å². The van der Waals surface area contributed by atoms with Crippen LogP contribution in [0, 0.1) is 0 Å². The third-order valence-electron chi connectivity index (χ3n) is 4.12. The number of ketones is 1. The second kappa shape index (κ2) is 7.53. The molecule has 130 valence electrons. The molecule has 24 heavy (non-hydrogen) atoms. The minimum Gasteiger partial charge on any atom is -0.493 e. The zero-order valence-corrected chi connectivity index (χ0v) is 16.8. The van der Waals surface area contributed by atoms with E-state index in [0.29, 0.717) is 28.7 Å². The molecule has 1 N–H and O–H groups in total. The van der Waals surface area contributed by atoms with Crippen molar-refractivity contribution in [2.45, 2.75) is 26.8 Å². The first-order valence-electron chi connectivity index (χ1n) is 7.57. The second-order valence-electron chi connectivity index (χ2n) is 5.39. The van der Waals surface area contributed by atoms with E-state index < -0.39 is 0 Å². The van der Waals surface area contributed by atoms with Crippen molar-refractivity contribution in [2.75, 3.05) is 20.8 Å². The van der Waals surface area contributed by atoms with E-state index >= 15 is 0 Å². The number of allylic oxidation sites excluding steroid dienone is 1. The molecule has 0 radical (unpaired) electrons. The molecular weight excluding hydrogens is 392 g/mol. The number of thiocarbonyl (C=S) groups is 1. The smallest absolute Gasteiger partial charge is 0.175 e. The minimum atomic E-state index is -0.341. The van der Waals surface area contributed by atoms with E-state index in [4.69, 9.17) is 21.7 Å². The number of carbonyl (C=O) groups excluding carboxylic acids is 1. The first kappa shape index (κ1) is 18.7. The highest BCUT2D eigenvalue weighted by Crippen LogP contribution is 2.43. The topological polar surface area (TPSA) is 50.8 Å². The number of carbonyl (C=O) groups is 1. The summed E-state index contributed by atoms with van der Waals surface area (Å²) in [6, 6.07) is 3.39. The predicted octanol–water partition coefficient (Wildman–Crippen LogP) is 3.58. The van der Waals surface area contributed by atoms with Crippen LogP contribution in [-0.4, -0.2) is 36.6 Å². The van der Waals surface area contributed by atoms with Crippen LogP contribution in [0.4, 0.5) is 0 Å². The SMILES string of the molecule is CCN1C(=S)NC(c2ccc(OC)c(OC)c2Br)C(C(C)=O)=C1C.